The molecule has 0 radical (unpaired) electrons. The predicted molar refractivity (Wildman–Crippen MR) is 76.7 cm³/mol. The summed E-state index contributed by atoms with van der Waals surface area (Å²) in [6.45, 7) is 13.4. The van der Waals surface area contributed by atoms with Crippen LogP contribution in [0, 0.1) is 0 Å². The summed E-state index contributed by atoms with van der Waals surface area (Å²) >= 11 is 0. The van der Waals surface area contributed by atoms with Crippen LogP contribution in [0.5, 0.6) is 0 Å². The second-order valence-corrected chi connectivity index (χ2v) is 5.64. The van der Waals surface area contributed by atoms with Crippen LogP contribution in [0.2, 0.25) is 0 Å². The van der Waals surface area contributed by atoms with Crippen molar-refractivity contribution >= 4 is 0 Å². The van der Waals surface area contributed by atoms with Gasteiger partial charge in [0, 0.05) is 44.8 Å². The molecule has 0 saturated heterocycles. The first-order valence-corrected chi connectivity index (χ1v) is 6.64. The van der Waals surface area contributed by atoms with Crippen LogP contribution in [-0.4, -0.2) is 75.8 Å². The van der Waals surface area contributed by atoms with Gasteiger partial charge in [-0.2, -0.15) is 0 Å². The number of nitrogens with zero attached hydrogens (tertiary/aromatic N) is 2. The van der Waals surface area contributed by atoms with Gasteiger partial charge in [-0.3, -0.25) is 4.90 Å². The van der Waals surface area contributed by atoms with Gasteiger partial charge in [0.2, 0.25) is 0 Å². The van der Waals surface area contributed by atoms with Crippen LogP contribution in [-0.2, 0) is 0 Å². The van der Waals surface area contributed by atoms with E-state index in [-0.39, 0.29) is 5.54 Å². The maximum atomic E-state index is 3.22. The van der Waals surface area contributed by atoms with E-state index in [1.165, 1.54) is 0 Å². The van der Waals surface area contributed by atoms with Gasteiger partial charge in [0.05, 0.1) is 0 Å². The SMILES string of the molecule is CNCCN(CCNC)CCN(C)C(C)(C)C. The van der Waals surface area contributed by atoms with Crippen LogP contribution >= 0.6 is 0 Å². The summed E-state index contributed by atoms with van der Waals surface area (Å²) in [5.74, 6) is 0. The van der Waals surface area contributed by atoms with Gasteiger partial charge in [-0.15, -0.1) is 0 Å². The fourth-order valence-electron chi connectivity index (χ4n) is 1.50. The summed E-state index contributed by atoms with van der Waals surface area (Å²) in [7, 11) is 6.23. The van der Waals surface area contributed by atoms with E-state index in [2.05, 4.69) is 48.3 Å². The molecule has 17 heavy (non-hydrogen) atoms. The Morgan fingerprint density at radius 3 is 1.65 bits per heavy atom. The number of hydrogen-bond donors (Lipinski definition) is 2. The molecule has 0 spiro atoms. The molecule has 0 bridgehead atoms. The molecular weight excluding hydrogens is 212 g/mol. The normalized spacial score (nSPS) is 12.7. The van der Waals surface area contributed by atoms with Gasteiger partial charge < -0.3 is 15.5 Å². The molecule has 0 amide bonds. The van der Waals surface area contributed by atoms with Crippen molar-refractivity contribution < 1.29 is 0 Å². The molecule has 0 aliphatic rings. The predicted octanol–water partition coefficient (Wildman–Crippen LogP) is 0.458. The molecule has 0 heterocycles. The van der Waals surface area contributed by atoms with Gasteiger partial charge in [-0.1, -0.05) is 0 Å². The Labute approximate surface area is 108 Å². The Kier molecular flexibility index (Phi) is 8.78. The first-order chi connectivity index (χ1) is 7.91. The Morgan fingerprint density at radius 2 is 1.29 bits per heavy atom. The molecule has 0 aliphatic carbocycles. The maximum absolute atomic E-state index is 3.22. The van der Waals surface area contributed by atoms with E-state index in [0.717, 1.165) is 39.3 Å². The van der Waals surface area contributed by atoms with Crippen molar-refractivity contribution in [3.63, 3.8) is 0 Å². The highest BCUT2D eigenvalue weighted by Crippen LogP contribution is 2.09. The third-order valence-electron chi connectivity index (χ3n) is 3.25. The number of likely N-dealkylation sites (N-methyl/N-ethyl adjacent to an activating group) is 3. The highest BCUT2D eigenvalue weighted by molar-refractivity contribution is 4.74. The van der Waals surface area contributed by atoms with Crippen molar-refractivity contribution in [2.24, 2.45) is 0 Å². The molecule has 104 valence electrons. The van der Waals surface area contributed by atoms with Crippen LogP contribution in [0.4, 0.5) is 0 Å². The van der Waals surface area contributed by atoms with Gasteiger partial charge in [0.1, 0.15) is 0 Å². The van der Waals surface area contributed by atoms with Gasteiger partial charge in [0.15, 0.2) is 0 Å². The minimum Gasteiger partial charge on any atom is -0.318 e. The van der Waals surface area contributed by atoms with Crippen LogP contribution in [0.15, 0.2) is 0 Å². The first kappa shape index (κ1) is 16.8. The maximum Gasteiger partial charge on any atom is 0.0122 e. The van der Waals surface area contributed by atoms with Gasteiger partial charge >= 0.3 is 0 Å². The fourth-order valence-corrected chi connectivity index (χ4v) is 1.50. The number of nitrogens with one attached hydrogen (secondary N) is 2. The Morgan fingerprint density at radius 1 is 0.824 bits per heavy atom. The van der Waals surface area contributed by atoms with Crippen molar-refractivity contribution in [2.75, 3.05) is 60.4 Å². The molecule has 0 saturated carbocycles. The molecule has 0 rings (SSSR count). The summed E-state index contributed by atoms with van der Waals surface area (Å²) in [5.41, 5.74) is 0.262. The summed E-state index contributed by atoms with van der Waals surface area (Å²) in [6.07, 6.45) is 0. The molecule has 2 N–H and O–H groups in total. The second-order valence-electron chi connectivity index (χ2n) is 5.64. The lowest BCUT2D eigenvalue weighted by molar-refractivity contribution is 0.146. The standard InChI is InChI=1S/C13H32N4/c1-13(2,3)16(6)11-12-17(9-7-14-4)10-8-15-5/h14-15H,7-12H2,1-6H3. The molecule has 0 fully saturated rings. The third kappa shape index (κ3) is 8.55. The van der Waals surface area contributed by atoms with E-state index >= 15 is 0 Å². The zero-order valence-corrected chi connectivity index (χ0v) is 12.6. The molecule has 0 aromatic rings. The van der Waals surface area contributed by atoms with E-state index in [1.807, 2.05) is 14.1 Å². The van der Waals surface area contributed by atoms with Crippen molar-refractivity contribution in [1.82, 2.24) is 20.4 Å². The van der Waals surface area contributed by atoms with Gasteiger partial charge in [-0.25, -0.2) is 0 Å². The quantitative estimate of drug-likeness (QED) is 0.617. The van der Waals surface area contributed by atoms with Gasteiger partial charge in [0.25, 0.3) is 0 Å². The van der Waals surface area contributed by atoms with Crippen LogP contribution in [0.3, 0.4) is 0 Å². The van der Waals surface area contributed by atoms with Crippen LogP contribution < -0.4 is 10.6 Å². The number of rotatable bonds is 9. The fraction of sp³-hybridized carbons (Fsp3) is 1.00. The van der Waals surface area contributed by atoms with Crippen molar-refractivity contribution in [1.29, 1.82) is 0 Å². The van der Waals surface area contributed by atoms with Gasteiger partial charge in [-0.05, 0) is 41.9 Å². The van der Waals surface area contributed by atoms with Crippen molar-refractivity contribution in [3.8, 4) is 0 Å². The summed E-state index contributed by atoms with van der Waals surface area (Å²) in [5, 5.41) is 6.43. The van der Waals surface area contributed by atoms with Crippen molar-refractivity contribution in [2.45, 2.75) is 26.3 Å². The Hall–Kier alpha value is -0.160. The molecule has 0 aliphatic heterocycles. The average molecular weight is 244 g/mol. The lowest BCUT2D eigenvalue weighted by Gasteiger charge is -2.34. The second kappa shape index (κ2) is 8.86. The Bertz CT molecular complexity index is 169. The molecule has 0 unspecified atom stereocenters. The molecule has 0 atom stereocenters. The lowest BCUT2D eigenvalue weighted by atomic mass is 10.1. The summed E-state index contributed by atoms with van der Waals surface area (Å²) in [4.78, 5) is 4.92. The smallest absolute Gasteiger partial charge is 0.0122 e. The molecule has 0 aromatic carbocycles. The third-order valence-corrected chi connectivity index (χ3v) is 3.25. The van der Waals surface area contributed by atoms with E-state index in [0.29, 0.717) is 0 Å². The highest BCUT2D eigenvalue weighted by Gasteiger charge is 2.17. The molecule has 4 heteroatoms. The topological polar surface area (TPSA) is 30.5 Å². The van der Waals surface area contributed by atoms with Crippen LogP contribution in [0.25, 0.3) is 0 Å². The molecular formula is C13H32N4. The largest absolute Gasteiger partial charge is 0.318 e. The minimum atomic E-state index is 0.262. The van der Waals surface area contributed by atoms with Crippen molar-refractivity contribution in [3.05, 3.63) is 0 Å². The van der Waals surface area contributed by atoms with Crippen LogP contribution in [0.1, 0.15) is 20.8 Å². The summed E-state index contributed by atoms with van der Waals surface area (Å²) in [6, 6.07) is 0. The number of hydrogen-bond acceptors (Lipinski definition) is 4. The average Bonchev–Trinajstić information content (AvgIpc) is 2.26. The zero-order chi connectivity index (χ0) is 13.3. The lowest BCUT2D eigenvalue weighted by Crippen LogP contribution is -2.45. The highest BCUT2D eigenvalue weighted by atomic mass is 15.2. The van der Waals surface area contributed by atoms with E-state index in [9.17, 15) is 0 Å². The molecule has 4 nitrogen and oxygen atoms in total. The van der Waals surface area contributed by atoms with E-state index in [1.54, 1.807) is 0 Å². The van der Waals surface area contributed by atoms with E-state index in [4.69, 9.17) is 0 Å². The molecule has 0 aromatic heterocycles. The van der Waals surface area contributed by atoms with E-state index < -0.39 is 0 Å². The zero-order valence-electron chi connectivity index (χ0n) is 12.6. The first-order valence-electron chi connectivity index (χ1n) is 6.64. The Balaban J connectivity index is 3.96. The summed E-state index contributed by atoms with van der Waals surface area (Å²) < 4.78 is 0. The monoisotopic (exact) mass is 244 g/mol. The minimum absolute atomic E-state index is 0.262.